The van der Waals surface area contributed by atoms with Crippen molar-refractivity contribution in [2.75, 3.05) is 27.2 Å². The average Bonchev–Trinajstić information content (AvgIpc) is 3.49. The normalized spacial score (nSPS) is 19.0. The summed E-state index contributed by atoms with van der Waals surface area (Å²) < 4.78 is 10.6. The predicted octanol–water partition coefficient (Wildman–Crippen LogP) is 3.51. The molecule has 7 nitrogen and oxygen atoms in total. The van der Waals surface area contributed by atoms with E-state index in [4.69, 9.17) is 4.74 Å². The molecule has 0 fully saturated rings. The third kappa shape index (κ3) is 3.42. The molecule has 0 saturated carbocycles. The predicted molar refractivity (Wildman–Crippen MR) is 137 cm³/mol. The van der Waals surface area contributed by atoms with E-state index in [9.17, 15) is 9.59 Å². The lowest BCUT2D eigenvalue weighted by atomic mass is 9.95. The molecule has 4 aromatic rings. The van der Waals surface area contributed by atoms with Crippen LogP contribution in [0.25, 0.3) is 33.0 Å². The molecular formula is C28H28N4O3. The molecule has 6 rings (SSSR count). The Balaban J connectivity index is 1.66. The van der Waals surface area contributed by atoms with E-state index in [0.29, 0.717) is 24.3 Å². The Morgan fingerprint density at radius 3 is 1.97 bits per heavy atom. The van der Waals surface area contributed by atoms with Crippen molar-refractivity contribution in [1.82, 2.24) is 19.4 Å². The molecule has 0 unspecified atom stereocenters. The van der Waals surface area contributed by atoms with Crippen molar-refractivity contribution in [2.45, 2.75) is 25.6 Å². The number of carbonyl (C=O) groups excluding carboxylic acids is 2. The van der Waals surface area contributed by atoms with E-state index in [1.54, 1.807) is 7.05 Å². The minimum atomic E-state index is -0.262. The maximum absolute atomic E-state index is 13.5. The third-order valence-electron chi connectivity index (χ3n) is 7.21. The van der Waals surface area contributed by atoms with Crippen LogP contribution < -0.4 is 5.32 Å². The first kappa shape index (κ1) is 21.8. The summed E-state index contributed by atoms with van der Waals surface area (Å²) in [6.07, 6.45) is 4.93. The molecule has 2 aromatic carbocycles. The van der Waals surface area contributed by atoms with Gasteiger partial charge in [0, 0.05) is 72.0 Å². The van der Waals surface area contributed by atoms with Gasteiger partial charge in [-0.2, -0.15) is 0 Å². The Morgan fingerprint density at radius 1 is 0.857 bits per heavy atom. The highest BCUT2D eigenvalue weighted by Gasteiger charge is 2.39. The average molecular weight is 469 g/mol. The van der Waals surface area contributed by atoms with Gasteiger partial charge in [-0.3, -0.25) is 14.5 Å². The van der Waals surface area contributed by atoms with Crippen LogP contribution in [0.15, 0.2) is 60.9 Å². The summed E-state index contributed by atoms with van der Waals surface area (Å²) >= 11 is 0. The highest BCUT2D eigenvalue weighted by molar-refractivity contribution is 6.50. The summed E-state index contributed by atoms with van der Waals surface area (Å²) in [6.45, 7) is 2.73. The van der Waals surface area contributed by atoms with Crippen molar-refractivity contribution in [1.29, 1.82) is 0 Å². The molecule has 0 saturated heterocycles. The minimum absolute atomic E-state index is 0.0597. The monoisotopic (exact) mass is 468 g/mol. The number of nitrogens with one attached hydrogen (secondary N) is 1. The maximum Gasteiger partial charge on any atom is 0.261 e. The van der Waals surface area contributed by atoms with Gasteiger partial charge in [0.05, 0.1) is 23.9 Å². The number of amides is 2. The summed E-state index contributed by atoms with van der Waals surface area (Å²) in [4.78, 5) is 28.3. The summed E-state index contributed by atoms with van der Waals surface area (Å²) in [5.74, 6) is -0.518. The first-order valence-electron chi connectivity index (χ1n) is 12.1. The summed E-state index contributed by atoms with van der Waals surface area (Å²) in [7, 11) is 3.51. The lowest BCUT2D eigenvalue weighted by molar-refractivity contribution is -0.134. The van der Waals surface area contributed by atoms with Crippen LogP contribution in [0.3, 0.4) is 0 Å². The first-order valence-corrected chi connectivity index (χ1v) is 12.1. The number of aromatic nitrogens is 2. The van der Waals surface area contributed by atoms with Crippen LogP contribution in [-0.2, 0) is 27.4 Å². The molecule has 2 amide bonds. The molecule has 4 bridgehead atoms. The fourth-order valence-corrected chi connectivity index (χ4v) is 5.48. The minimum Gasteiger partial charge on any atom is -0.375 e. The zero-order valence-electron chi connectivity index (χ0n) is 20.0. The molecule has 7 heteroatoms. The van der Waals surface area contributed by atoms with Crippen LogP contribution in [0.1, 0.15) is 17.5 Å². The van der Waals surface area contributed by atoms with Gasteiger partial charge in [-0.25, -0.2) is 0 Å². The second kappa shape index (κ2) is 8.52. The second-order valence-corrected chi connectivity index (χ2v) is 9.27. The lowest BCUT2D eigenvalue weighted by Crippen LogP contribution is -2.29. The number of nitrogens with zero attached hydrogens (tertiary/aromatic N) is 3. The molecule has 2 aliphatic heterocycles. The number of aryl methyl sites for hydroxylation is 1. The Morgan fingerprint density at radius 2 is 1.40 bits per heavy atom. The van der Waals surface area contributed by atoms with Gasteiger partial charge in [-0.1, -0.05) is 36.4 Å². The number of likely N-dealkylation sites (N-methyl/N-ethyl adjacent to an activating group) is 2. The third-order valence-corrected chi connectivity index (χ3v) is 7.21. The van der Waals surface area contributed by atoms with Crippen molar-refractivity contribution in [2.24, 2.45) is 0 Å². The van der Waals surface area contributed by atoms with Gasteiger partial charge in [-0.15, -0.1) is 0 Å². The second-order valence-electron chi connectivity index (χ2n) is 9.27. The number of hydrogen-bond acceptors (Lipinski definition) is 4. The molecule has 1 N–H and O–H groups in total. The van der Waals surface area contributed by atoms with Crippen LogP contribution in [0.5, 0.6) is 0 Å². The molecular weight excluding hydrogens is 440 g/mol. The van der Waals surface area contributed by atoms with E-state index in [2.05, 4.69) is 26.6 Å². The summed E-state index contributed by atoms with van der Waals surface area (Å²) in [6, 6.07) is 16.1. The molecule has 0 aliphatic carbocycles. The number of benzene rings is 2. The van der Waals surface area contributed by atoms with Gasteiger partial charge in [0.2, 0.25) is 0 Å². The van der Waals surface area contributed by atoms with Crippen LogP contribution in [0, 0.1) is 0 Å². The van der Waals surface area contributed by atoms with Gasteiger partial charge in [0.1, 0.15) is 0 Å². The summed E-state index contributed by atoms with van der Waals surface area (Å²) in [5, 5.41) is 5.18. The molecule has 1 atom stereocenters. The largest absolute Gasteiger partial charge is 0.375 e. The highest BCUT2D eigenvalue weighted by atomic mass is 16.5. The van der Waals surface area contributed by atoms with Gasteiger partial charge in [-0.05, 0) is 25.6 Å². The highest BCUT2D eigenvalue weighted by Crippen LogP contribution is 2.41. The number of rotatable bonds is 2. The number of fused-ring (bicyclic) bond motifs is 12. The fourth-order valence-electron chi connectivity index (χ4n) is 5.48. The zero-order valence-corrected chi connectivity index (χ0v) is 20.0. The van der Waals surface area contributed by atoms with Crippen LogP contribution in [0.4, 0.5) is 0 Å². The van der Waals surface area contributed by atoms with E-state index in [1.807, 2.05) is 55.8 Å². The first-order chi connectivity index (χ1) is 17.1. The van der Waals surface area contributed by atoms with Crippen molar-refractivity contribution >= 4 is 44.8 Å². The molecule has 35 heavy (non-hydrogen) atoms. The lowest BCUT2D eigenvalue weighted by Gasteiger charge is -2.19. The van der Waals surface area contributed by atoms with Gasteiger partial charge in [0.15, 0.2) is 0 Å². The number of ether oxygens (including phenoxy) is 1. The molecule has 0 spiro atoms. The van der Waals surface area contributed by atoms with E-state index < -0.39 is 0 Å². The quantitative estimate of drug-likeness (QED) is 0.457. The van der Waals surface area contributed by atoms with Gasteiger partial charge >= 0.3 is 0 Å². The number of hydrogen-bond donors (Lipinski definition) is 1. The molecule has 2 aliphatic rings. The van der Waals surface area contributed by atoms with Gasteiger partial charge < -0.3 is 19.2 Å². The van der Waals surface area contributed by atoms with Gasteiger partial charge in [0.25, 0.3) is 11.8 Å². The standard InChI is InChI=1S/C28H28N4O3/c1-29-15-18-11-12-31-16-21(19-7-3-5-9-23(19)31)25-26(28(34)30(2)27(25)33)22-17-32(13-14-35-18)24-10-6-4-8-20(22)24/h3-10,16-18,29H,11-15H2,1-2H3/t18-/m0/s1. The maximum atomic E-state index is 13.5. The SMILES string of the molecule is CNC[C@@H]1CCn2cc(c3ccccc32)C2=C(C(=O)N(C)C2=O)c2cn(c3ccccc23)CCO1. The van der Waals surface area contributed by atoms with Crippen molar-refractivity contribution < 1.29 is 14.3 Å². The van der Waals surface area contributed by atoms with Crippen LogP contribution in [0.2, 0.25) is 0 Å². The number of imide groups is 1. The molecule has 2 aromatic heterocycles. The van der Waals surface area contributed by atoms with Crippen molar-refractivity contribution in [3.63, 3.8) is 0 Å². The number of para-hydroxylation sites is 2. The Bertz CT molecular complexity index is 1510. The van der Waals surface area contributed by atoms with E-state index in [1.165, 1.54) is 4.90 Å². The Kier molecular flexibility index (Phi) is 5.31. The van der Waals surface area contributed by atoms with Crippen molar-refractivity contribution in [3.05, 3.63) is 72.1 Å². The topological polar surface area (TPSA) is 68.5 Å². The van der Waals surface area contributed by atoms with E-state index in [0.717, 1.165) is 52.4 Å². The number of carbonyl (C=O) groups is 2. The van der Waals surface area contributed by atoms with Crippen LogP contribution in [-0.4, -0.2) is 59.2 Å². The molecule has 0 radical (unpaired) electrons. The van der Waals surface area contributed by atoms with Crippen LogP contribution >= 0.6 is 0 Å². The van der Waals surface area contributed by atoms with E-state index >= 15 is 0 Å². The zero-order chi connectivity index (χ0) is 24.1. The smallest absolute Gasteiger partial charge is 0.261 e. The Labute approximate surface area is 203 Å². The molecule has 178 valence electrons. The summed E-state index contributed by atoms with van der Waals surface area (Å²) in [5.41, 5.74) is 4.62. The Hall–Kier alpha value is -3.68. The van der Waals surface area contributed by atoms with E-state index in [-0.39, 0.29) is 17.9 Å². The van der Waals surface area contributed by atoms with Crippen molar-refractivity contribution in [3.8, 4) is 0 Å². The fraction of sp³-hybridized carbons (Fsp3) is 0.286. The molecule has 4 heterocycles.